The van der Waals surface area contributed by atoms with Gasteiger partial charge in [-0.1, -0.05) is 25.6 Å². The number of rotatable bonds is 21. The Morgan fingerprint density at radius 1 is 1.09 bits per heavy atom. The van der Waals surface area contributed by atoms with Crippen LogP contribution in [0.3, 0.4) is 0 Å². The number of hydrogen-bond donors (Lipinski definition) is 9. The van der Waals surface area contributed by atoms with Gasteiger partial charge in [-0.3, -0.25) is 32.5 Å². The number of fused-ring (bicyclic) bond motifs is 1. The van der Waals surface area contributed by atoms with E-state index in [-0.39, 0.29) is 47.6 Å². The van der Waals surface area contributed by atoms with Gasteiger partial charge in [0, 0.05) is 43.1 Å². The number of aliphatic hydroxyl groups is 2. The van der Waals surface area contributed by atoms with Crippen LogP contribution in [0.4, 0.5) is 5.82 Å². The lowest BCUT2D eigenvalue weighted by Gasteiger charge is -2.30. The summed E-state index contributed by atoms with van der Waals surface area (Å²) in [6, 6.07) is 0.234. The van der Waals surface area contributed by atoms with Crippen LogP contribution in [-0.2, 0) is 50.7 Å². The van der Waals surface area contributed by atoms with Crippen molar-refractivity contribution in [2.45, 2.75) is 76.2 Å². The number of nitrogen functional groups attached to an aromatic ring is 1. The van der Waals surface area contributed by atoms with E-state index >= 15 is 0 Å². The molecule has 4 heterocycles. The monoisotopic (exact) mass is 892 g/mol. The molecule has 2 aliphatic heterocycles. The molecule has 0 bridgehead atoms. The summed E-state index contributed by atoms with van der Waals surface area (Å²) in [6.07, 6.45) is -4.41. The molecule has 0 aromatic carbocycles. The second-order valence-corrected chi connectivity index (χ2v) is 19.2. The minimum atomic E-state index is -5.57. The predicted octanol–water partition coefficient (Wildman–Crippen LogP) is -0.851. The van der Waals surface area contributed by atoms with Crippen LogP contribution in [0.25, 0.3) is 11.2 Å². The van der Waals surface area contributed by atoms with Gasteiger partial charge >= 0.3 is 23.5 Å². The third-order valence-corrected chi connectivity index (χ3v) is 12.8. The van der Waals surface area contributed by atoms with Gasteiger partial charge in [-0.15, -0.1) is 0 Å². The highest BCUT2D eigenvalue weighted by molar-refractivity contribution is 8.13. The van der Waals surface area contributed by atoms with E-state index in [1.807, 2.05) is 7.05 Å². The summed E-state index contributed by atoms with van der Waals surface area (Å²) in [7, 11) is -14.4. The van der Waals surface area contributed by atoms with Crippen LogP contribution in [0, 0.1) is 5.41 Å². The standard InChI is InChI=1S/C28H47N8O17P3S/c1-28(2,23(40)26(41)31-7-6-18(37)30-8-10-57-19(38)11-16-5-4-9-35(16)3)13-50-56(47,48)53-55(45,46)49-12-17-22(52-54(42,43)44)21(39)27(51-17)36-15-34-20-24(29)32-14-33-25(20)36/h14-17,21-23,27,39-40H,4-13H2,1-3H3,(H,30,37)(H,31,41)(H,45,46)(H,47,48)(H2,29,32,33)(H2,42,43,44). The van der Waals surface area contributed by atoms with Crippen molar-refractivity contribution in [1.82, 2.24) is 35.1 Å². The Hall–Kier alpha value is -2.48. The number of amides is 2. The van der Waals surface area contributed by atoms with E-state index in [1.54, 1.807) is 0 Å². The van der Waals surface area contributed by atoms with Crippen molar-refractivity contribution < 1.29 is 80.5 Å². The van der Waals surface area contributed by atoms with E-state index < -0.39 is 84.6 Å². The Kier molecular flexibility index (Phi) is 16.3. The molecule has 0 spiro atoms. The molecule has 57 heavy (non-hydrogen) atoms. The van der Waals surface area contributed by atoms with Crippen molar-refractivity contribution in [3.63, 3.8) is 0 Å². The topological polar surface area (TPSA) is 367 Å². The van der Waals surface area contributed by atoms with E-state index in [4.69, 9.17) is 19.5 Å². The predicted molar refractivity (Wildman–Crippen MR) is 197 cm³/mol. The number of phosphoric ester groups is 3. The first kappa shape index (κ1) is 47.2. The maximum Gasteiger partial charge on any atom is 0.481 e. The van der Waals surface area contributed by atoms with Crippen LogP contribution in [0.2, 0.25) is 0 Å². The van der Waals surface area contributed by atoms with Crippen molar-refractivity contribution in [1.29, 1.82) is 0 Å². The van der Waals surface area contributed by atoms with Crippen LogP contribution < -0.4 is 16.4 Å². The number of hydrogen-bond acceptors (Lipinski definition) is 19. The summed E-state index contributed by atoms with van der Waals surface area (Å²) in [5.41, 5.74) is 4.27. The minimum absolute atomic E-state index is 0.0320. The van der Waals surface area contributed by atoms with Crippen molar-refractivity contribution in [2.24, 2.45) is 5.41 Å². The van der Waals surface area contributed by atoms with Gasteiger partial charge in [0.25, 0.3) is 0 Å². The molecule has 2 aromatic rings. The summed E-state index contributed by atoms with van der Waals surface area (Å²) < 4.78 is 62.2. The SMILES string of the molecule is CN1CCCC1CC(=O)SCCNC(=O)CCNC(=O)C(O)C(C)(C)COP(=O)(O)OP(=O)(O)OCC1OC(n2cnc3c(N)ncnc32)C(O)C1OP(=O)(O)O. The molecular formula is C28H47N8O17P3S. The van der Waals surface area contributed by atoms with Gasteiger partial charge in [-0.05, 0) is 26.4 Å². The second kappa shape index (κ2) is 19.7. The van der Waals surface area contributed by atoms with Gasteiger partial charge < -0.3 is 55.8 Å². The van der Waals surface area contributed by atoms with Gasteiger partial charge in [0.15, 0.2) is 22.8 Å². The Bertz CT molecular complexity index is 1890. The van der Waals surface area contributed by atoms with Crippen LogP contribution in [0.1, 0.15) is 45.8 Å². The Labute approximate surface area is 329 Å². The van der Waals surface area contributed by atoms with Gasteiger partial charge in [0.2, 0.25) is 11.8 Å². The Balaban J connectivity index is 1.21. The number of carbonyl (C=O) groups excluding carboxylic acids is 3. The fourth-order valence-corrected chi connectivity index (χ4v) is 9.35. The first-order chi connectivity index (χ1) is 26.5. The third-order valence-electron chi connectivity index (χ3n) is 8.84. The lowest BCUT2D eigenvalue weighted by Crippen LogP contribution is -2.46. The number of imidazole rings is 1. The zero-order chi connectivity index (χ0) is 42.3. The third kappa shape index (κ3) is 13.8. The number of anilines is 1. The number of likely N-dealkylation sites (tertiary alicyclic amines) is 1. The first-order valence-corrected chi connectivity index (χ1v) is 22.7. The highest BCUT2D eigenvalue weighted by atomic mass is 32.2. The van der Waals surface area contributed by atoms with Crippen LogP contribution in [0.15, 0.2) is 12.7 Å². The molecule has 4 rings (SSSR count). The highest BCUT2D eigenvalue weighted by Gasteiger charge is 2.50. The van der Waals surface area contributed by atoms with Crippen LogP contribution >= 0.6 is 35.2 Å². The smallest absolute Gasteiger partial charge is 0.386 e. The highest BCUT2D eigenvalue weighted by Crippen LogP contribution is 2.61. The molecule has 8 atom stereocenters. The fourth-order valence-electron chi connectivity index (χ4n) is 5.78. The van der Waals surface area contributed by atoms with Crippen LogP contribution in [-0.4, -0.2) is 147 Å². The molecule has 25 nitrogen and oxygen atoms in total. The van der Waals surface area contributed by atoms with Gasteiger partial charge in [-0.2, -0.15) is 4.31 Å². The molecule has 2 saturated heterocycles. The van der Waals surface area contributed by atoms with Crippen LogP contribution in [0.5, 0.6) is 0 Å². The molecule has 0 saturated carbocycles. The number of nitrogens with one attached hydrogen (secondary N) is 2. The van der Waals surface area contributed by atoms with Crippen molar-refractivity contribution in [3.05, 3.63) is 12.7 Å². The van der Waals surface area contributed by atoms with Crippen molar-refractivity contribution in [2.75, 3.05) is 51.4 Å². The molecule has 29 heteroatoms. The quantitative estimate of drug-likeness (QED) is 0.0544. The van der Waals surface area contributed by atoms with E-state index in [2.05, 4.69) is 39.3 Å². The summed E-state index contributed by atoms with van der Waals surface area (Å²) >= 11 is 1.13. The number of carbonyl (C=O) groups is 3. The summed E-state index contributed by atoms with van der Waals surface area (Å²) in [4.78, 5) is 90.1. The van der Waals surface area contributed by atoms with E-state index in [0.29, 0.717) is 12.2 Å². The summed E-state index contributed by atoms with van der Waals surface area (Å²) in [5.74, 6) is -1.05. The molecule has 2 amide bonds. The number of ether oxygens (including phenoxy) is 1. The van der Waals surface area contributed by atoms with E-state index in [1.165, 1.54) is 13.8 Å². The maximum atomic E-state index is 12.7. The lowest BCUT2D eigenvalue weighted by molar-refractivity contribution is -0.137. The normalized spacial score (nSPS) is 24.5. The second-order valence-electron chi connectivity index (χ2n) is 13.8. The number of aromatic nitrogens is 4. The van der Waals surface area contributed by atoms with Crippen molar-refractivity contribution in [3.8, 4) is 0 Å². The lowest BCUT2D eigenvalue weighted by atomic mass is 9.87. The molecular weight excluding hydrogens is 845 g/mol. The zero-order valence-electron chi connectivity index (χ0n) is 30.9. The maximum absolute atomic E-state index is 12.7. The molecule has 8 unspecified atom stereocenters. The Morgan fingerprint density at radius 2 is 1.79 bits per heavy atom. The molecule has 10 N–H and O–H groups in total. The molecule has 2 aromatic heterocycles. The number of aliphatic hydroxyl groups excluding tert-OH is 2. The molecule has 2 fully saturated rings. The molecule has 0 radical (unpaired) electrons. The summed E-state index contributed by atoms with van der Waals surface area (Å²) in [6.45, 7) is 1.51. The molecule has 2 aliphatic rings. The van der Waals surface area contributed by atoms with E-state index in [9.17, 15) is 57.9 Å². The molecule has 322 valence electrons. The first-order valence-electron chi connectivity index (χ1n) is 17.2. The Morgan fingerprint density at radius 3 is 2.46 bits per heavy atom. The average molecular weight is 893 g/mol. The number of nitrogens with two attached hydrogens (primary N) is 1. The fraction of sp³-hybridized carbons (Fsp3) is 0.714. The van der Waals surface area contributed by atoms with Gasteiger partial charge in [0.05, 0.1) is 19.5 Å². The molecule has 0 aliphatic carbocycles. The van der Waals surface area contributed by atoms with Gasteiger partial charge in [0.1, 0.15) is 36.3 Å². The number of thioether (sulfide) groups is 1. The van der Waals surface area contributed by atoms with E-state index in [0.717, 1.165) is 48.4 Å². The largest absolute Gasteiger partial charge is 0.481 e. The minimum Gasteiger partial charge on any atom is -0.386 e. The number of phosphoric acid groups is 3. The average Bonchev–Trinajstić information content (AvgIpc) is 3.81. The zero-order valence-corrected chi connectivity index (χ0v) is 34.4. The van der Waals surface area contributed by atoms with Gasteiger partial charge in [-0.25, -0.2) is 28.6 Å². The number of nitrogens with zero attached hydrogens (tertiary/aromatic N) is 5. The summed E-state index contributed by atoms with van der Waals surface area (Å²) in [5, 5.41) is 26.5. The van der Waals surface area contributed by atoms with Crippen molar-refractivity contribution >= 4 is 69.1 Å².